The number of carboxylic acid groups (broad SMARTS) is 1. The Balaban J connectivity index is 0.000000182. The Morgan fingerprint density at radius 2 is 0.933 bits per heavy atom. The SMILES string of the molecule is CCOC(=O)c1cccc(-n2c(C)ccc2-c2ccccc2OCc2ccccc2)c1.Cc1ccc(-c2ccccc2OCc2ccccc2)n1-c1cccc(C(=O)O)c1. The molecule has 0 amide bonds. The molecule has 0 saturated carbocycles. The number of benzene rings is 6. The molecule has 0 radical (unpaired) electrons. The zero-order chi connectivity index (χ0) is 41.8. The molecule has 0 spiro atoms. The number of para-hydroxylation sites is 2. The molecular formula is C52H46N2O6. The fourth-order valence-electron chi connectivity index (χ4n) is 7.03. The molecule has 0 aliphatic rings. The average molecular weight is 795 g/mol. The predicted molar refractivity (Wildman–Crippen MR) is 236 cm³/mol. The van der Waals surface area contributed by atoms with Crippen molar-refractivity contribution >= 4 is 11.9 Å². The number of carbonyl (C=O) groups excluding carboxylic acids is 1. The van der Waals surface area contributed by atoms with Gasteiger partial charge in [0.2, 0.25) is 0 Å². The van der Waals surface area contributed by atoms with E-state index in [9.17, 15) is 14.7 Å². The Morgan fingerprint density at radius 3 is 1.40 bits per heavy atom. The maximum atomic E-state index is 12.2. The number of rotatable bonds is 13. The lowest BCUT2D eigenvalue weighted by Crippen LogP contribution is -2.07. The van der Waals surface area contributed by atoms with Crippen LogP contribution in [0.1, 0.15) is 50.2 Å². The second-order valence-corrected chi connectivity index (χ2v) is 14.1. The van der Waals surface area contributed by atoms with Gasteiger partial charge in [-0.1, -0.05) is 97.1 Å². The van der Waals surface area contributed by atoms with Crippen molar-refractivity contribution in [1.29, 1.82) is 0 Å². The summed E-state index contributed by atoms with van der Waals surface area (Å²) in [6, 6.07) is 58.8. The summed E-state index contributed by atoms with van der Waals surface area (Å²) in [4.78, 5) is 23.6. The Hall–Kier alpha value is -7.58. The largest absolute Gasteiger partial charge is 0.488 e. The molecule has 0 fully saturated rings. The molecule has 6 aromatic carbocycles. The topological polar surface area (TPSA) is 91.9 Å². The van der Waals surface area contributed by atoms with Gasteiger partial charge in [-0.05, 0) is 117 Å². The number of carbonyl (C=O) groups is 2. The van der Waals surface area contributed by atoms with E-state index in [0.717, 1.165) is 67.9 Å². The number of esters is 1. The lowest BCUT2D eigenvalue weighted by Gasteiger charge is -2.16. The summed E-state index contributed by atoms with van der Waals surface area (Å²) in [5.41, 5.74) is 10.7. The molecule has 2 aromatic heterocycles. The van der Waals surface area contributed by atoms with Gasteiger partial charge in [0.1, 0.15) is 24.7 Å². The number of aromatic nitrogens is 2. The van der Waals surface area contributed by atoms with Crippen LogP contribution in [0.5, 0.6) is 11.5 Å². The third-order valence-electron chi connectivity index (χ3n) is 9.92. The minimum absolute atomic E-state index is 0.259. The van der Waals surface area contributed by atoms with Crippen molar-refractivity contribution in [2.75, 3.05) is 6.61 Å². The third-order valence-corrected chi connectivity index (χ3v) is 9.92. The van der Waals surface area contributed by atoms with Gasteiger partial charge in [0.15, 0.2) is 0 Å². The molecule has 0 bridgehead atoms. The van der Waals surface area contributed by atoms with Crippen molar-refractivity contribution in [3.05, 3.63) is 216 Å². The molecule has 0 aliphatic heterocycles. The number of ether oxygens (including phenoxy) is 3. The molecule has 8 heteroatoms. The molecule has 2 heterocycles. The maximum Gasteiger partial charge on any atom is 0.338 e. The second-order valence-electron chi connectivity index (χ2n) is 14.1. The normalized spacial score (nSPS) is 10.7. The van der Waals surface area contributed by atoms with Gasteiger partial charge in [0, 0.05) is 33.9 Å². The number of carboxylic acids is 1. The standard InChI is InChI=1S/C27H25NO3.C25H21NO3/c1-3-30-27(29)22-12-9-13-23(18-22)28-20(2)16-17-25(28)24-14-7-8-15-26(24)31-19-21-10-5-4-6-11-21;1-18-14-15-23(26(18)21-11-7-10-20(16-21)25(27)28)22-12-5-6-13-24(22)29-17-19-8-3-2-4-9-19/h4-18H,3,19H2,1-2H3;2-16H,17H2,1H3,(H,27,28). The van der Waals surface area contributed by atoms with Crippen LogP contribution >= 0.6 is 0 Å². The van der Waals surface area contributed by atoms with Gasteiger partial charge in [0.05, 0.1) is 29.1 Å². The minimum Gasteiger partial charge on any atom is -0.488 e. The van der Waals surface area contributed by atoms with Crippen molar-refractivity contribution in [2.24, 2.45) is 0 Å². The van der Waals surface area contributed by atoms with Gasteiger partial charge in [-0.25, -0.2) is 9.59 Å². The van der Waals surface area contributed by atoms with Crippen LogP contribution in [0.4, 0.5) is 0 Å². The Morgan fingerprint density at radius 1 is 0.500 bits per heavy atom. The number of hydrogen-bond donors (Lipinski definition) is 1. The first-order valence-corrected chi connectivity index (χ1v) is 19.8. The Bertz CT molecular complexity index is 2700. The summed E-state index contributed by atoms with van der Waals surface area (Å²) in [6.07, 6.45) is 0. The van der Waals surface area contributed by atoms with E-state index >= 15 is 0 Å². The smallest absolute Gasteiger partial charge is 0.338 e. The average Bonchev–Trinajstić information content (AvgIpc) is 3.88. The quantitative estimate of drug-likeness (QED) is 0.117. The van der Waals surface area contributed by atoms with E-state index in [4.69, 9.17) is 14.2 Å². The number of nitrogens with zero attached hydrogens (tertiary/aromatic N) is 2. The van der Waals surface area contributed by atoms with Gasteiger partial charge in [-0.3, -0.25) is 0 Å². The van der Waals surface area contributed by atoms with Crippen molar-refractivity contribution in [3.8, 4) is 45.4 Å². The number of aryl methyl sites for hydroxylation is 2. The third kappa shape index (κ3) is 9.57. The summed E-state index contributed by atoms with van der Waals surface area (Å²) >= 11 is 0. The first-order chi connectivity index (χ1) is 29.3. The summed E-state index contributed by atoms with van der Waals surface area (Å²) < 4.78 is 21.7. The van der Waals surface area contributed by atoms with Gasteiger partial charge < -0.3 is 28.5 Å². The lowest BCUT2D eigenvalue weighted by atomic mass is 10.1. The van der Waals surface area contributed by atoms with E-state index in [1.54, 1.807) is 24.3 Å². The highest BCUT2D eigenvalue weighted by atomic mass is 16.5. The van der Waals surface area contributed by atoms with Crippen LogP contribution in [-0.4, -0.2) is 32.8 Å². The molecule has 0 atom stereocenters. The molecular weight excluding hydrogens is 749 g/mol. The van der Waals surface area contributed by atoms with Crippen molar-refractivity contribution in [1.82, 2.24) is 9.13 Å². The highest BCUT2D eigenvalue weighted by molar-refractivity contribution is 5.90. The van der Waals surface area contributed by atoms with Crippen LogP contribution in [-0.2, 0) is 18.0 Å². The fourth-order valence-corrected chi connectivity index (χ4v) is 7.03. The van der Waals surface area contributed by atoms with Crippen LogP contribution < -0.4 is 9.47 Å². The van der Waals surface area contributed by atoms with Gasteiger partial charge >= 0.3 is 11.9 Å². The van der Waals surface area contributed by atoms with Crippen molar-refractivity contribution in [3.63, 3.8) is 0 Å². The van der Waals surface area contributed by atoms with Crippen molar-refractivity contribution in [2.45, 2.75) is 34.0 Å². The highest BCUT2D eigenvalue weighted by Gasteiger charge is 2.17. The second kappa shape index (κ2) is 19.2. The zero-order valence-electron chi connectivity index (χ0n) is 33.8. The molecule has 0 aliphatic carbocycles. The molecule has 8 rings (SSSR count). The summed E-state index contributed by atoms with van der Waals surface area (Å²) in [6.45, 7) is 7.19. The van der Waals surface area contributed by atoms with Gasteiger partial charge in [0.25, 0.3) is 0 Å². The summed E-state index contributed by atoms with van der Waals surface area (Å²) in [5.74, 6) is 0.337. The summed E-state index contributed by atoms with van der Waals surface area (Å²) in [5, 5.41) is 9.36. The van der Waals surface area contributed by atoms with Crippen LogP contribution in [0.25, 0.3) is 33.9 Å². The number of hydrogen-bond acceptors (Lipinski definition) is 5. The summed E-state index contributed by atoms with van der Waals surface area (Å²) in [7, 11) is 0. The highest BCUT2D eigenvalue weighted by Crippen LogP contribution is 2.35. The number of aromatic carboxylic acids is 1. The first kappa shape index (κ1) is 40.6. The van der Waals surface area contributed by atoms with E-state index in [0.29, 0.717) is 25.4 Å². The van der Waals surface area contributed by atoms with Gasteiger partial charge in [-0.2, -0.15) is 0 Å². The molecule has 0 unspecified atom stereocenters. The van der Waals surface area contributed by atoms with E-state index in [-0.39, 0.29) is 11.5 Å². The van der Waals surface area contributed by atoms with Crippen LogP contribution in [0.2, 0.25) is 0 Å². The molecule has 8 nitrogen and oxygen atoms in total. The molecule has 1 N–H and O–H groups in total. The van der Waals surface area contributed by atoms with Crippen LogP contribution in [0.15, 0.2) is 182 Å². The fraction of sp³-hybridized carbons (Fsp3) is 0.115. The Labute approximate surface area is 350 Å². The Kier molecular flexibility index (Phi) is 13.0. The minimum atomic E-state index is -0.940. The van der Waals surface area contributed by atoms with Gasteiger partial charge in [-0.15, -0.1) is 0 Å². The van der Waals surface area contributed by atoms with E-state index in [1.807, 2.05) is 148 Å². The molecule has 300 valence electrons. The molecule has 0 saturated heterocycles. The van der Waals surface area contributed by atoms with E-state index < -0.39 is 5.97 Å². The molecule has 60 heavy (non-hydrogen) atoms. The van der Waals surface area contributed by atoms with Crippen molar-refractivity contribution < 1.29 is 28.9 Å². The monoisotopic (exact) mass is 794 g/mol. The first-order valence-electron chi connectivity index (χ1n) is 19.8. The predicted octanol–water partition coefficient (Wildman–Crippen LogP) is 11.9. The van der Waals surface area contributed by atoms with Crippen LogP contribution in [0.3, 0.4) is 0 Å². The van der Waals surface area contributed by atoms with Crippen LogP contribution in [0, 0.1) is 13.8 Å². The lowest BCUT2D eigenvalue weighted by molar-refractivity contribution is 0.0525. The molecule has 8 aromatic rings. The van der Waals surface area contributed by atoms with E-state index in [1.165, 1.54) is 0 Å². The van der Waals surface area contributed by atoms with E-state index in [2.05, 4.69) is 39.5 Å². The maximum absolute atomic E-state index is 12.2. The zero-order valence-corrected chi connectivity index (χ0v) is 33.8.